The molecule has 2 aromatic heterocycles. The molecule has 19 heavy (non-hydrogen) atoms. The summed E-state index contributed by atoms with van der Waals surface area (Å²) in [5.74, 6) is 0.734. The van der Waals surface area contributed by atoms with E-state index < -0.39 is 0 Å². The highest BCUT2D eigenvalue weighted by Crippen LogP contribution is 2.21. The zero-order valence-electron chi connectivity index (χ0n) is 11.0. The molecule has 4 nitrogen and oxygen atoms in total. The lowest BCUT2D eigenvalue weighted by molar-refractivity contribution is 0.730. The highest BCUT2D eigenvalue weighted by Gasteiger charge is 2.07. The molecule has 0 aliphatic carbocycles. The van der Waals surface area contributed by atoms with Crippen molar-refractivity contribution < 1.29 is 0 Å². The van der Waals surface area contributed by atoms with Crippen LogP contribution in [-0.4, -0.2) is 23.1 Å². The molecule has 2 rings (SSSR count). The summed E-state index contributed by atoms with van der Waals surface area (Å²) in [6.45, 7) is 2.79. The molecule has 0 saturated heterocycles. The summed E-state index contributed by atoms with van der Waals surface area (Å²) in [6, 6.07) is 2.25. The van der Waals surface area contributed by atoms with Gasteiger partial charge in [0.1, 0.15) is 0 Å². The lowest BCUT2D eigenvalue weighted by Crippen LogP contribution is -2.20. The van der Waals surface area contributed by atoms with Crippen LogP contribution in [0.4, 0.5) is 5.95 Å². The van der Waals surface area contributed by atoms with Gasteiger partial charge in [0.15, 0.2) is 0 Å². The van der Waals surface area contributed by atoms with Crippen LogP contribution in [0.2, 0.25) is 0 Å². The minimum atomic E-state index is 0.135. The van der Waals surface area contributed by atoms with Gasteiger partial charge in [-0.25, -0.2) is 9.97 Å². The maximum Gasteiger partial charge on any atom is 0.225 e. The molecule has 0 fully saturated rings. The number of halogens is 1. The van der Waals surface area contributed by atoms with E-state index in [0.717, 1.165) is 29.0 Å². The fourth-order valence-corrected chi connectivity index (χ4v) is 3.27. The topological polar surface area (TPSA) is 55.0 Å². The van der Waals surface area contributed by atoms with Gasteiger partial charge < -0.3 is 10.6 Å². The Kier molecular flexibility index (Phi) is 4.90. The predicted octanol–water partition coefficient (Wildman–Crippen LogP) is 2.83. The van der Waals surface area contributed by atoms with Crippen molar-refractivity contribution in [3.8, 4) is 0 Å². The van der Waals surface area contributed by atoms with Crippen LogP contribution in [0.1, 0.15) is 17.4 Å². The van der Waals surface area contributed by atoms with E-state index >= 15 is 0 Å². The van der Waals surface area contributed by atoms with Crippen LogP contribution < -0.4 is 10.6 Å². The van der Waals surface area contributed by atoms with Gasteiger partial charge in [-0.05, 0) is 40.9 Å². The van der Waals surface area contributed by atoms with E-state index in [-0.39, 0.29) is 6.04 Å². The van der Waals surface area contributed by atoms with Crippen molar-refractivity contribution in [2.75, 3.05) is 11.9 Å². The molecular weight excluding hydrogens is 324 g/mol. The van der Waals surface area contributed by atoms with Crippen LogP contribution in [0, 0.1) is 0 Å². The van der Waals surface area contributed by atoms with Gasteiger partial charge in [-0.1, -0.05) is 0 Å². The molecule has 0 aliphatic heterocycles. The number of rotatable bonds is 5. The first-order valence-electron chi connectivity index (χ1n) is 6.05. The van der Waals surface area contributed by atoms with Gasteiger partial charge in [-0.15, -0.1) is 11.3 Å². The van der Waals surface area contributed by atoms with E-state index in [1.807, 2.05) is 31.3 Å². The Hall–Kier alpha value is -0.980. The molecule has 0 aromatic carbocycles. The van der Waals surface area contributed by atoms with Gasteiger partial charge in [-0.3, -0.25) is 0 Å². The van der Waals surface area contributed by atoms with E-state index in [1.54, 1.807) is 11.3 Å². The highest BCUT2D eigenvalue weighted by molar-refractivity contribution is 9.10. The van der Waals surface area contributed by atoms with E-state index in [1.165, 1.54) is 4.88 Å². The van der Waals surface area contributed by atoms with Crippen LogP contribution in [0.25, 0.3) is 0 Å². The third-order valence-corrected chi connectivity index (χ3v) is 4.29. The first-order chi connectivity index (χ1) is 9.04. The van der Waals surface area contributed by atoms with Crippen LogP contribution in [-0.2, 0) is 13.0 Å². The summed E-state index contributed by atoms with van der Waals surface area (Å²) in [7, 11) is 1.99. The fraction of sp³-hybridized carbons (Fsp3) is 0.385. The number of hydrogen-bond donors (Lipinski definition) is 1. The first-order valence-corrected chi connectivity index (χ1v) is 7.72. The van der Waals surface area contributed by atoms with Gasteiger partial charge in [0.25, 0.3) is 0 Å². The molecule has 0 saturated carbocycles. The van der Waals surface area contributed by atoms with Gasteiger partial charge in [0.05, 0.1) is 6.54 Å². The molecule has 0 aliphatic rings. The van der Waals surface area contributed by atoms with Crippen molar-refractivity contribution in [2.24, 2.45) is 5.73 Å². The van der Waals surface area contributed by atoms with Gasteiger partial charge in [0.2, 0.25) is 5.95 Å². The SMILES string of the molecule is CC(N)Cc1cnc(N(C)Cc2cc(Br)cs2)nc1. The van der Waals surface area contributed by atoms with Crippen molar-refractivity contribution in [3.63, 3.8) is 0 Å². The Morgan fingerprint density at radius 1 is 1.42 bits per heavy atom. The molecule has 0 bridgehead atoms. The van der Waals surface area contributed by atoms with Crippen LogP contribution in [0.5, 0.6) is 0 Å². The maximum atomic E-state index is 5.76. The predicted molar refractivity (Wildman–Crippen MR) is 83.5 cm³/mol. The smallest absolute Gasteiger partial charge is 0.225 e. The summed E-state index contributed by atoms with van der Waals surface area (Å²) in [4.78, 5) is 12.1. The van der Waals surface area contributed by atoms with Crippen molar-refractivity contribution >= 4 is 33.2 Å². The monoisotopic (exact) mass is 340 g/mol. The molecule has 102 valence electrons. The summed E-state index contributed by atoms with van der Waals surface area (Å²) >= 11 is 5.18. The second-order valence-electron chi connectivity index (χ2n) is 4.66. The molecule has 2 heterocycles. The third kappa shape index (κ3) is 4.26. The lowest BCUT2D eigenvalue weighted by Gasteiger charge is -2.16. The molecule has 1 atom stereocenters. The molecule has 0 amide bonds. The van der Waals surface area contributed by atoms with Crippen LogP contribution >= 0.6 is 27.3 Å². The van der Waals surface area contributed by atoms with E-state index in [4.69, 9.17) is 5.73 Å². The van der Waals surface area contributed by atoms with Gasteiger partial charge in [-0.2, -0.15) is 0 Å². The Bertz CT molecular complexity index is 524. The van der Waals surface area contributed by atoms with Gasteiger partial charge in [0, 0.05) is 40.2 Å². The summed E-state index contributed by atoms with van der Waals surface area (Å²) in [6.07, 6.45) is 4.51. The third-order valence-electron chi connectivity index (χ3n) is 2.61. The van der Waals surface area contributed by atoms with Crippen molar-refractivity contribution in [1.29, 1.82) is 0 Å². The Morgan fingerprint density at radius 3 is 2.63 bits per heavy atom. The average molecular weight is 341 g/mol. The Morgan fingerprint density at radius 2 is 2.11 bits per heavy atom. The molecule has 2 aromatic rings. The molecule has 0 spiro atoms. The molecule has 2 N–H and O–H groups in total. The second kappa shape index (κ2) is 6.45. The van der Waals surface area contributed by atoms with E-state index in [0.29, 0.717) is 0 Å². The van der Waals surface area contributed by atoms with Crippen LogP contribution in [0.15, 0.2) is 28.3 Å². The number of aromatic nitrogens is 2. The fourth-order valence-electron chi connectivity index (χ4n) is 1.76. The number of nitrogens with two attached hydrogens (primary N) is 1. The summed E-state index contributed by atoms with van der Waals surface area (Å²) in [5, 5.41) is 2.08. The van der Waals surface area contributed by atoms with Crippen molar-refractivity contribution in [1.82, 2.24) is 9.97 Å². The molecule has 1 unspecified atom stereocenters. The normalized spacial score (nSPS) is 12.4. The molecule has 6 heteroatoms. The largest absolute Gasteiger partial charge is 0.339 e. The number of nitrogens with zero attached hydrogens (tertiary/aromatic N) is 3. The summed E-state index contributed by atoms with van der Waals surface area (Å²) in [5.41, 5.74) is 6.83. The zero-order valence-corrected chi connectivity index (χ0v) is 13.4. The zero-order chi connectivity index (χ0) is 13.8. The molecule has 0 radical (unpaired) electrons. The number of anilines is 1. The van der Waals surface area contributed by atoms with E-state index in [2.05, 4.69) is 37.3 Å². The summed E-state index contributed by atoms with van der Waals surface area (Å²) < 4.78 is 1.12. The lowest BCUT2D eigenvalue weighted by atomic mass is 10.1. The average Bonchev–Trinajstić information content (AvgIpc) is 2.75. The Labute approximate surface area is 125 Å². The second-order valence-corrected chi connectivity index (χ2v) is 6.57. The number of thiophene rings is 1. The first kappa shape index (κ1) is 14.4. The van der Waals surface area contributed by atoms with Crippen molar-refractivity contribution in [2.45, 2.75) is 25.9 Å². The minimum absolute atomic E-state index is 0.135. The number of hydrogen-bond acceptors (Lipinski definition) is 5. The highest BCUT2D eigenvalue weighted by atomic mass is 79.9. The molecular formula is C13H17BrN4S. The quantitative estimate of drug-likeness (QED) is 0.909. The standard InChI is InChI=1S/C13H17BrN4S/c1-9(15)3-10-5-16-13(17-6-10)18(2)7-12-4-11(14)8-19-12/h4-6,8-9H,3,7,15H2,1-2H3. The Balaban J connectivity index is 2.01. The minimum Gasteiger partial charge on any atom is -0.339 e. The van der Waals surface area contributed by atoms with Crippen molar-refractivity contribution in [3.05, 3.63) is 38.8 Å². The van der Waals surface area contributed by atoms with Gasteiger partial charge >= 0.3 is 0 Å². The van der Waals surface area contributed by atoms with E-state index in [9.17, 15) is 0 Å². The maximum absolute atomic E-state index is 5.76. The van der Waals surface area contributed by atoms with Crippen LogP contribution in [0.3, 0.4) is 0 Å².